The molecule has 0 aliphatic carbocycles. The number of halogens is 1. The number of thioether (sulfide) groups is 1. The molecule has 13 heteroatoms. The topological polar surface area (TPSA) is 149 Å². The van der Waals surface area contributed by atoms with Crippen molar-refractivity contribution >= 4 is 63.8 Å². The normalized spacial score (nSPS) is 14.0. The molecule has 4 rings (SSSR count). The molecule has 2 aromatic carbocycles. The Hall–Kier alpha value is -4.42. The Labute approximate surface area is 243 Å². The van der Waals surface area contributed by atoms with Crippen molar-refractivity contribution in [3.05, 3.63) is 85.5 Å². The van der Waals surface area contributed by atoms with Crippen LogP contribution in [0.15, 0.2) is 57.9 Å². The number of carbonyl (C=O) groups excluding carboxylic acids is 4. The van der Waals surface area contributed by atoms with Gasteiger partial charge in [-0.15, -0.1) is 0 Å². The average Bonchev–Trinajstić information content (AvgIpc) is 3.49. The van der Waals surface area contributed by atoms with Gasteiger partial charge in [-0.1, -0.05) is 31.0 Å². The molecule has 3 aromatic rings. The third-order valence-corrected chi connectivity index (χ3v) is 7.13. The van der Waals surface area contributed by atoms with Gasteiger partial charge in [-0.3, -0.25) is 29.4 Å². The van der Waals surface area contributed by atoms with Crippen molar-refractivity contribution in [1.82, 2.24) is 4.90 Å². The maximum atomic E-state index is 12.9. The number of esters is 1. The van der Waals surface area contributed by atoms with Gasteiger partial charge in [-0.2, -0.15) is 0 Å². The van der Waals surface area contributed by atoms with Crippen molar-refractivity contribution < 1.29 is 33.3 Å². The number of hydrogen-bond acceptors (Lipinski definition) is 9. The van der Waals surface area contributed by atoms with Crippen LogP contribution in [0.5, 0.6) is 0 Å². The van der Waals surface area contributed by atoms with E-state index in [1.807, 2.05) is 6.92 Å². The van der Waals surface area contributed by atoms with Crippen LogP contribution in [-0.4, -0.2) is 46.0 Å². The second kappa shape index (κ2) is 12.8. The molecule has 41 heavy (non-hydrogen) atoms. The summed E-state index contributed by atoms with van der Waals surface area (Å²) in [5.74, 6) is -1.59. The fourth-order valence-corrected chi connectivity index (χ4v) is 4.85. The SMILES string of the molecule is CCCCOC(=O)c1cc(NC(=O)CN2C(=O)S/C(=C/c3ccc(-c4ccc(C)cc4[N+](=O)[O-])o3)C2=O)ccc1Cl. The van der Waals surface area contributed by atoms with Crippen LogP contribution in [0.2, 0.25) is 5.02 Å². The van der Waals surface area contributed by atoms with Gasteiger partial charge in [0.2, 0.25) is 5.91 Å². The fourth-order valence-electron chi connectivity index (χ4n) is 3.83. The molecular weight excluding hydrogens is 574 g/mol. The minimum Gasteiger partial charge on any atom is -0.462 e. The summed E-state index contributed by atoms with van der Waals surface area (Å²) in [6.07, 6.45) is 2.88. The summed E-state index contributed by atoms with van der Waals surface area (Å²) in [6, 6.07) is 12.0. The molecule has 11 nitrogen and oxygen atoms in total. The Kier molecular flexibility index (Phi) is 9.25. The third-order valence-electron chi connectivity index (χ3n) is 5.89. The van der Waals surface area contributed by atoms with Crippen molar-refractivity contribution in [3.8, 4) is 11.3 Å². The van der Waals surface area contributed by atoms with E-state index in [0.29, 0.717) is 23.7 Å². The quantitative estimate of drug-likeness (QED) is 0.0914. The second-order valence-corrected chi connectivity index (χ2v) is 10.4. The highest BCUT2D eigenvalue weighted by Gasteiger charge is 2.36. The van der Waals surface area contributed by atoms with Gasteiger partial charge in [0.15, 0.2) is 0 Å². The van der Waals surface area contributed by atoms with Crippen LogP contribution in [0.3, 0.4) is 0 Å². The average molecular weight is 598 g/mol. The van der Waals surface area contributed by atoms with E-state index in [1.165, 1.54) is 42.5 Å². The maximum Gasteiger partial charge on any atom is 0.339 e. The molecule has 3 amide bonds. The van der Waals surface area contributed by atoms with Gasteiger partial charge in [0.05, 0.1) is 32.6 Å². The van der Waals surface area contributed by atoms with Gasteiger partial charge in [0.1, 0.15) is 18.1 Å². The first-order valence-corrected chi connectivity index (χ1v) is 13.6. The summed E-state index contributed by atoms with van der Waals surface area (Å²) in [4.78, 5) is 62.2. The molecule has 2 heterocycles. The minimum atomic E-state index is -0.703. The lowest BCUT2D eigenvalue weighted by atomic mass is 10.1. The van der Waals surface area contributed by atoms with Crippen LogP contribution < -0.4 is 5.32 Å². The number of nitrogens with zero attached hydrogens (tertiary/aromatic N) is 2. The number of anilines is 1. The number of amides is 3. The van der Waals surface area contributed by atoms with Crippen LogP contribution in [0, 0.1) is 17.0 Å². The Morgan fingerprint density at radius 1 is 1.17 bits per heavy atom. The molecule has 1 aliphatic rings. The van der Waals surface area contributed by atoms with Gasteiger partial charge in [0.25, 0.3) is 16.8 Å². The van der Waals surface area contributed by atoms with E-state index in [1.54, 1.807) is 19.1 Å². The lowest BCUT2D eigenvalue weighted by Crippen LogP contribution is -2.36. The molecule has 0 bridgehead atoms. The Bertz CT molecular complexity index is 1580. The summed E-state index contributed by atoms with van der Waals surface area (Å²) < 4.78 is 10.9. The summed E-state index contributed by atoms with van der Waals surface area (Å²) in [7, 11) is 0. The molecule has 1 N–H and O–H groups in total. The van der Waals surface area contributed by atoms with Crippen molar-refractivity contribution in [2.75, 3.05) is 18.5 Å². The minimum absolute atomic E-state index is 0.0192. The number of nitro benzene ring substituents is 1. The van der Waals surface area contributed by atoms with Crippen LogP contribution in [0.1, 0.15) is 41.4 Å². The second-order valence-electron chi connectivity index (χ2n) is 8.98. The number of benzene rings is 2. The van der Waals surface area contributed by atoms with E-state index >= 15 is 0 Å². The number of hydrogen-bond donors (Lipinski definition) is 1. The number of ether oxygens (including phenoxy) is 1. The zero-order chi connectivity index (χ0) is 29.7. The largest absolute Gasteiger partial charge is 0.462 e. The lowest BCUT2D eigenvalue weighted by molar-refractivity contribution is -0.384. The fraction of sp³-hybridized carbons (Fsp3) is 0.214. The maximum absolute atomic E-state index is 12.9. The molecular formula is C28H24ClN3O8S. The summed E-state index contributed by atoms with van der Waals surface area (Å²) in [5, 5.41) is 13.5. The smallest absolute Gasteiger partial charge is 0.339 e. The summed E-state index contributed by atoms with van der Waals surface area (Å²) in [5.41, 5.74) is 1.16. The van der Waals surface area contributed by atoms with Crippen LogP contribution >= 0.6 is 23.4 Å². The zero-order valence-electron chi connectivity index (χ0n) is 22.0. The predicted molar refractivity (Wildman–Crippen MR) is 153 cm³/mol. The molecule has 1 aliphatic heterocycles. The number of imide groups is 1. The summed E-state index contributed by atoms with van der Waals surface area (Å²) in [6.45, 7) is 3.36. The first kappa shape index (κ1) is 29.6. The van der Waals surface area contributed by atoms with Crippen LogP contribution in [-0.2, 0) is 14.3 Å². The van der Waals surface area contributed by atoms with Crippen molar-refractivity contribution in [3.63, 3.8) is 0 Å². The number of furan rings is 1. The molecule has 0 atom stereocenters. The Balaban J connectivity index is 1.43. The number of nitro groups is 1. The van der Waals surface area contributed by atoms with Crippen LogP contribution in [0.4, 0.5) is 16.2 Å². The van der Waals surface area contributed by atoms with E-state index in [4.69, 9.17) is 20.8 Å². The van der Waals surface area contributed by atoms with Gasteiger partial charge in [-0.05, 0) is 67.1 Å². The highest BCUT2D eigenvalue weighted by atomic mass is 35.5. The van der Waals surface area contributed by atoms with Crippen molar-refractivity contribution in [2.45, 2.75) is 26.7 Å². The number of aryl methyl sites for hydroxylation is 1. The highest BCUT2D eigenvalue weighted by molar-refractivity contribution is 8.18. The number of unbranched alkanes of at least 4 members (excludes halogenated alkanes) is 1. The van der Waals surface area contributed by atoms with E-state index in [-0.39, 0.29) is 50.6 Å². The molecule has 0 spiro atoms. The molecule has 1 saturated heterocycles. The van der Waals surface area contributed by atoms with Crippen molar-refractivity contribution in [1.29, 1.82) is 0 Å². The number of rotatable bonds is 10. The molecule has 0 radical (unpaired) electrons. The Morgan fingerprint density at radius 2 is 1.95 bits per heavy atom. The lowest BCUT2D eigenvalue weighted by Gasteiger charge is -2.13. The van der Waals surface area contributed by atoms with E-state index in [0.717, 1.165) is 11.3 Å². The molecule has 1 aromatic heterocycles. The van der Waals surface area contributed by atoms with Gasteiger partial charge < -0.3 is 14.5 Å². The molecule has 212 valence electrons. The highest BCUT2D eigenvalue weighted by Crippen LogP contribution is 2.35. The first-order chi connectivity index (χ1) is 19.6. The van der Waals surface area contributed by atoms with E-state index < -0.39 is 34.5 Å². The van der Waals surface area contributed by atoms with Gasteiger partial charge in [0, 0.05) is 17.8 Å². The third kappa shape index (κ3) is 7.02. The van der Waals surface area contributed by atoms with Crippen molar-refractivity contribution in [2.24, 2.45) is 0 Å². The van der Waals surface area contributed by atoms with E-state index in [9.17, 15) is 29.3 Å². The molecule has 0 saturated carbocycles. The molecule has 0 unspecified atom stereocenters. The van der Waals surface area contributed by atoms with Crippen LogP contribution in [0.25, 0.3) is 17.4 Å². The first-order valence-electron chi connectivity index (χ1n) is 12.4. The number of nitrogens with one attached hydrogen (secondary N) is 1. The van der Waals surface area contributed by atoms with Gasteiger partial charge >= 0.3 is 5.97 Å². The van der Waals surface area contributed by atoms with E-state index in [2.05, 4.69) is 5.32 Å². The summed E-state index contributed by atoms with van der Waals surface area (Å²) >= 11 is 6.73. The monoisotopic (exact) mass is 597 g/mol. The van der Waals surface area contributed by atoms with Gasteiger partial charge in [-0.25, -0.2) is 4.79 Å². The Morgan fingerprint density at radius 3 is 2.68 bits per heavy atom. The zero-order valence-corrected chi connectivity index (χ0v) is 23.5. The standard InChI is InChI=1S/C28H24ClN3O8S/c1-3-4-11-39-27(35)20-13-17(6-9-21(20)29)30-25(33)15-31-26(34)24(41-28(31)36)14-18-7-10-23(40-18)19-8-5-16(2)12-22(19)32(37)38/h5-10,12-14H,3-4,11,15H2,1-2H3,(H,30,33)/b24-14+. The number of carbonyl (C=O) groups is 4. The predicted octanol–water partition coefficient (Wildman–Crippen LogP) is 6.45. The molecule has 1 fully saturated rings.